The van der Waals surface area contributed by atoms with Gasteiger partial charge in [0.05, 0.1) is 22.3 Å². The number of likely N-dealkylation sites (tertiary alicyclic amines) is 1. The number of thiocarbonyl (C=S) groups is 1. The second-order valence-electron chi connectivity index (χ2n) is 17.1. The number of fused-ring (bicyclic) bond motifs is 1. The number of carbonyl (C=O) groups is 4. The molecule has 4 atom stereocenters. The summed E-state index contributed by atoms with van der Waals surface area (Å²) < 4.78 is 6.10. The largest absolute Gasteiger partial charge is 0.490 e. The summed E-state index contributed by atoms with van der Waals surface area (Å²) in [4.78, 5) is 59.8. The summed E-state index contributed by atoms with van der Waals surface area (Å²) in [5.41, 5.74) is 5.47. The van der Waals surface area contributed by atoms with Gasteiger partial charge in [-0.15, -0.1) is 0 Å². The first-order valence-electron chi connectivity index (χ1n) is 21.8. The van der Waals surface area contributed by atoms with Gasteiger partial charge < -0.3 is 15.0 Å². The van der Waals surface area contributed by atoms with Gasteiger partial charge in [-0.1, -0.05) is 67.5 Å². The monoisotopic (exact) mass is 862 g/mol. The predicted molar refractivity (Wildman–Crippen MR) is 240 cm³/mol. The molecule has 4 amide bonds. The highest BCUT2D eigenvalue weighted by Gasteiger charge is 2.48. The van der Waals surface area contributed by atoms with Crippen LogP contribution in [0.5, 0.6) is 5.75 Å². The number of hydrogen-bond donors (Lipinski definition) is 2. The van der Waals surface area contributed by atoms with Gasteiger partial charge in [0.15, 0.2) is 0 Å². The van der Waals surface area contributed by atoms with Crippen LogP contribution in [0, 0.1) is 29.1 Å². The van der Waals surface area contributed by atoms with Crippen molar-refractivity contribution in [3.63, 3.8) is 0 Å². The molecule has 11 nitrogen and oxygen atoms in total. The van der Waals surface area contributed by atoms with Crippen molar-refractivity contribution in [2.24, 2.45) is 22.7 Å². The van der Waals surface area contributed by atoms with Crippen LogP contribution in [0.3, 0.4) is 0 Å². The van der Waals surface area contributed by atoms with Crippen LogP contribution in [0.4, 0.5) is 0 Å². The number of rotatable bonds is 14. The number of nitrogens with zero attached hydrogens (tertiary/aromatic N) is 4. The highest BCUT2D eigenvalue weighted by atomic mass is 35.5. The van der Waals surface area contributed by atoms with Crippen molar-refractivity contribution in [2.45, 2.75) is 109 Å². The standard InChI is InChI=1S/C48H55ClN6O5S/c1-4-36-37(16-8-31-9-17-38-39(24-31)47(59)55(48(38)61)43-18-19-44(56)53-46(43)58)40(36)28-54-21-6-7-30(20-22-54)23-29(3)27-51-42(5-2)45(57)52-33-11-14-34(15-12-33)60-35-13-10-32(26-50)41(49)25-35/h5,9-10,13,17,23-25,27,33-34,36-37,40,43H,2,4,6-8,11-12,14-16,18-22,28H2,1,3H3,(H,52,57)(H,53,56,58)/b29-27+,30-23-,51-42?. The summed E-state index contributed by atoms with van der Waals surface area (Å²) in [6.07, 6.45) is 15.4. The molecule has 7 rings (SSSR count). The van der Waals surface area contributed by atoms with E-state index in [1.54, 1.807) is 24.4 Å². The Morgan fingerprint density at radius 3 is 2.57 bits per heavy atom. The Bertz CT molecular complexity index is 2220. The molecule has 2 aromatic rings. The van der Waals surface area contributed by atoms with Gasteiger partial charge >= 0.3 is 0 Å². The van der Waals surface area contributed by atoms with E-state index in [0.717, 1.165) is 95.0 Å². The molecule has 3 heterocycles. The molecular weight excluding hydrogens is 808 g/mol. The number of ether oxygens (including phenoxy) is 1. The lowest BCUT2D eigenvalue weighted by Gasteiger charge is -2.29. The number of aryl methyl sites for hydroxylation is 1. The van der Waals surface area contributed by atoms with Crippen LogP contribution < -0.4 is 15.4 Å². The van der Waals surface area contributed by atoms with Gasteiger partial charge in [0.1, 0.15) is 28.6 Å². The SMILES string of the molecule is C=CC(=N/C=C(C)/C=C1/CCCN(CC2C(CC)C2CCc2ccc3c(c2)C(=O)N(C2CCC(=O)NC2=O)C3=S)CC1)C(=O)NC1CCC(Oc2ccc(C#N)c(Cl)c2)CC1. The van der Waals surface area contributed by atoms with Gasteiger partial charge in [-0.25, -0.2) is 0 Å². The number of aliphatic imine (C=N–C) groups is 1. The number of allylic oxidation sites excluding steroid dienone is 2. The van der Waals surface area contributed by atoms with Gasteiger partial charge in [-0.05, 0) is 131 Å². The lowest BCUT2D eigenvalue weighted by molar-refractivity contribution is -0.136. The molecule has 2 aliphatic carbocycles. The molecule has 3 aliphatic heterocycles. The second kappa shape index (κ2) is 19.8. The molecule has 2 saturated carbocycles. The quantitative estimate of drug-likeness (QED) is 0.111. The maximum absolute atomic E-state index is 13.5. The Hall–Kier alpha value is -4.96. The van der Waals surface area contributed by atoms with E-state index in [0.29, 0.717) is 55.9 Å². The van der Waals surface area contributed by atoms with E-state index in [1.165, 1.54) is 16.5 Å². The predicted octanol–water partition coefficient (Wildman–Crippen LogP) is 7.80. The first-order chi connectivity index (χ1) is 29.5. The summed E-state index contributed by atoms with van der Waals surface area (Å²) in [6, 6.07) is 12.4. The van der Waals surface area contributed by atoms with Crippen molar-refractivity contribution in [3.05, 3.63) is 99.8 Å². The van der Waals surface area contributed by atoms with Crippen LogP contribution in [-0.2, 0) is 20.8 Å². The molecule has 0 bridgehead atoms. The minimum Gasteiger partial charge on any atom is -0.490 e. The summed E-state index contributed by atoms with van der Waals surface area (Å²) in [7, 11) is 0. The number of nitriles is 1. The Kier molecular flexibility index (Phi) is 14.3. The summed E-state index contributed by atoms with van der Waals surface area (Å²) >= 11 is 11.8. The third-order valence-corrected chi connectivity index (χ3v) is 13.8. The van der Waals surface area contributed by atoms with Gasteiger partial charge in [0, 0.05) is 43.4 Å². The average molecular weight is 864 g/mol. The molecule has 4 fully saturated rings. The van der Waals surface area contributed by atoms with Gasteiger partial charge in [0.2, 0.25) is 11.8 Å². The fraction of sp³-hybridized carbons (Fsp3) is 0.479. The number of halogens is 1. The minimum absolute atomic E-state index is 0.0195. The zero-order chi connectivity index (χ0) is 43.2. The fourth-order valence-corrected chi connectivity index (χ4v) is 10.3. The smallest absolute Gasteiger partial charge is 0.270 e. The third-order valence-electron chi connectivity index (χ3n) is 13.1. The van der Waals surface area contributed by atoms with Crippen molar-refractivity contribution >= 4 is 58.1 Å². The topological polar surface area (TPSA) is 144 Å². The lowest BCUT2D eigenvalue weighted by atomic mass is 9.92. The van der Waals surface area contributed by atoms with Crippen LogP contribution in [0.1, 0.15) is 112 Å². The van der Waals surface area contributed by atoms with Crippen LogP contribution >= 0.6 is 23.8 Å². The van der Waals surface area contributed by atoms with Gasteiger partial charge in [-0.2, -0.15) is 5.26 Å². The van der Waals surface area contributed by atoms with Gasteiger partial charge in [0.25, 0.3) is 11.8 Å². The molecule has 5 aliphatic rings. The minimum atomic E-state index is -0.753. The van der Waals surface area contributed by atoms with Crippen LogP contribution in [-0.4, -0.2) is 82.0 Å². The number of hydrogen-bond acceptors (Lipinski definition) is 9. The molecule has 2 N–H and O–H groups in total. The first-order valence-corrected chi connectivity index (χ1v) is 22.5. The van der Waals surface area contributed by atoms with Crippen molar-refractivity contribution in [3.8, 4) is 11.8 Å². The Morgan fingerprint density at radius 1 is 1.05 bits per heavy atom. The van der Waals surface area contributed by atoms with Crippen molar-refractivity contribution in [1.82, 2.24) is 20.4 Å². The highest BCUT2D eigenvalue weighted by molar-refractivity contribution is 7.80. The Balaban J connectivity index is 0.852. The number of piperidine rings is 1. The molecule has 2 saturated heterocycles. The molecule has 4 unspecified atom stereocenters. The average Bonchev–Trinajstić information content (AvgIpc) is 3.92. The molecule has 2 aromatic carbocycles. The van der Waals surface area contributed by atoms with Crippen LogP contribution in [0.15, 0.2) is 77.5 Å². The molecule has 320 valence electrons. The maximum Gasteiger partial charge on any atom is 0.270 e. The van der Waals surface area contributed by atoms with E-state index in [1.807, 2.05) is 19.1 Å². The summed E-state index contributed by atoms with van der Waals surface area (Å²) in [5, 5.41) is 15.0. The number of imide groups is 1. The van der Waals surface area contributed by atoms with Crippen molar-refractivity contribution < 1.29 is 23.9 Å². The molecule has 0 radical (unpaired) electrons. The molecular formula is C48H55ClN6O5S. The normalized spacial score (nSPS) is 26.7. The summed E-state index contributed by atoms with van der Waals surface area (Å²) in [5.74, 6) is 1.39. The van der Waals surface area contributed by atoms with Gasteiger partial charge in [-0.3, -0.25) is 34.4 Å². The lowest BCUT2D eigenvalue weighted by Crippen LogP contribution is -2.54. The maximum atomic E-state index is 13.5. The van der Waals surface area contributed by atoms with E-state index in [4.69, 9.17) is 33.8 Å². The molecule has 61 heavy (non-hydrogen) atoms. The van der Waals surface area contributed by atoms with Crippen LogP contribution in [0.25, 0.3) is 0 Å². The van der Waals surface area contributed by atoms with E-state index >= 15 is 0 Å². The number of benzene rings is 2. The fourth-order valence-electron chi connectivity index (χ4n) is 9.70. The summed E-state index contributed by atoms with van der Waals surface area (Å²) in [6.45, 7) is 11.4. The molecule has 0 spiro atoms. The van der Waals surface area contributed by atoms with Crippen molar-refractivity contribution in [2.75, 3.05) is 19.6 Å². The molecule has 0 aromatic heterocycles. The zero-order valence-corrected chi connectivity index (χ0v) is 36.7. The Morgan fingerprint density at radius 2 is 1.85 bits per heavy atom. The first kappa shape index (κ1) is 44.1. The van der Waals surface area contributed by atoms with E-state index in [9.17, 15) is 19.2 Å². The number of carbonyl (C=O) groups excluding carboxylic acids is 4. The van der Waals surface area contributed by atoms with E-state index < -0.39 is 11.9 Å². The zero-order valence-electron chi connectivity index (χ0n) is 35.1. The molecule has 13 heteroatoms. The third kappa shape index (κ3) is 10.6. The van der Waals surface area contributed by atoms with Crippen molar-refractivity contribution in [1.29, 1.82) is 5.26 Å². The number of amides is 4. The highest BCUT2D eigenvalue weighted by Crippen LogP contribution is 2.51. The van der Waals surface area contributed by atoms with Crippen LogP contribution in [0.2, 0.25) is 5.02 Å². The van der Waals surface area contributed by atoms with E-state index in [-0.39, 0.29) is 42.7 Å². The van der Waals surface area contributed by atoms with E-state index in [2.05, 4.69) is 52.2 Å². The Labute approximate surface area is 369 Å². The number of nitrogens with one attached hydrogen (secondary N) is 2. The second-order valence-corrected chi connectivity index (χ2v) is 17.9.